The molecule has 0 aromatic heterocycles. The van der Waals surface area contributed by atoms with E-state index in [1.165, 1.54) is 0 Å². The van der Waals surface area contributed by atoms with Crippen LogP contribution in [0.3, 0.4) is 0 Å². The Balaban J connectivity index is 2.01. The summed E-state index contributed by atoms with van der Waals surface area (Å²) in [6.45, 7) is 4.03. The molecule has 0 bridgehead atoms. The number of nitrogens with zero attached hydrogens (tertiary/aromatic N) is 1. The predicted molar refractivity (Wildman–Crippen MR) is 73.4 cm³/mol. The van der Waals surface area contributed by atoms with Crippen molar-refractivity contribution < 1.29 is 14.3 Å². The van der Waals surface area contributed by atoms with Crippen LogP contribution in [0.4, 0.5) is 5.69 Å². The SMILES string of the molecule is CC(Oc1cc(Cl)ccc1N)C(=O)N1CCOCC1. The summed E-state index contributed by atoms with van der Waals surface area (Å²) in [5, 5.41) is 0.523. The lowest BCUT2D eigenvalue weighted by Gasteiger charge is -2.29. The van der Waals surface area contributed by atoms with Crippen molar-refractivity contribution in [1.82, 2.24) is 4.90 Å². The highest BCUT2D eigenvalue weighted by atomic mass is 35.5. The first-order valence-electron chi connectivity index (χ1n) is 6.16. The highest BCUT2D eigenvalue weighted by Gasteiger charge is 2.24. The van der Waals surface area contributed by atoms with Crippen molar-refractivity contribution in [2.45, 2.75) is 13.0 Å². The minimum absolute atomic E-state index is 0.0670. The number of nitrogen functional groups attached to an aromatic ring is 1. The molecule has 19 heavy (non-hydrogen) atoms. The molecule has 2 N–H and O–H groups in total. The van der Waals surface area contributed by atoms with Crippen molar-refractivity contribution in [2.24, 2.45) is 0 Å². The molecule has 0 spiro atoms. The summed E-state index contributed by atoms with van der Waals surface area (Å²) in [5.74, 6) is 0.365. The average molecular weight is 285 g/mol. The predicted octanol–water partition coefficient (Wildman–Crippen LogP) is 1.55. The third-order valence-electron chi connectivity index (χ3n) is 2.95. The van der Waals surface area contributed by atoms with Crippen molar-refractivity contribution >= 4 is 23.2 Å². The first-order valence-corrected chi connectivity index (χ1v) is 6.54. The maximum Gasteiger partial charge on any atom is 0.263 e. The van der Waals surface area contributed by atoms with Crippen LogP contribution in [0.25, 0.3) is 0 Å². The Morgan fingerprint density at radius 2 is 2.16 bits per heavy atom. The van der Waals surface area contributed by atoms with E-state index in [-0.39, 0.29) is 5.91 Å². The van der Waals surface area contributed by atoms with E-state index in [9.17, 15) is 4.79 Å². The molecule has 0 radical (unpaired) electrons. The molecule has 1 aromatic carbocycles. The summed E-state index contributed by atoms with van der Waals surface area (Å²) in [4.78, 5) is 13.9. The second-order valence-electron chi connectivity index (χ2n) is 4.38. The normalized spacial score (nSPS) is 17.1. The number of carbonyl (C=O) groups excluding carboxylic acids is 1. The van der Waals surface area contributed by atoms with Gasteiger partial charge in [0.2, 0.25) is 0 Å². The monoisotopic (exact) mass is 284 g/mol. The van der Waals surface area contributed by atoms with Crippen molar-refractivity contribution in [3.63, 3.8) is 0 Å². The maximum atomic E-state index is 12.2. The van der Waals surface area contributed by atoms with Gasteiger partial charge in [0.1, 0.15) is 5.75 Å². The van der Waals surface area contributed by atoms with E-state index in [2.05, 4.69) is 0 Å². The molecule has 1 amide bonds. The number of morpholine rings is 1. The Morgan fingerprint density at radius 3 is 2.84 bits per heavy atom. The van der Waals surface area contributed by atoms with Gasteiger partial charge in [0.05, 0.1) is 18.9 Å². The lowest BCUT2D eigenvalue weighted by Crippen LogP contribution is -2.46. The Hall–Kier alpha value is -1.46. The Morgan fingerprint density at radius 1 is 1.47 bits per heavy atom. The zero-order valence-electron chi connectivity index (χ0n) is 10.8. The number of nitrogens with two attached hydrogens (primary N) is 1. The number of hydrogen-bond donors (Lipinski definition) is 1. The number of halogens is 1. The number of hydrogen-bond acceptors (Lipinski definition) is 4. The molecule has 0 aliphatic carbocycles. The molecule has 1 aliphatic heterocycles. The number of anilines is 1. The Bertz CT molecular complexity index is 461. The van der Waals surface area contributed by atoms with E-state index < -0.39 is 6.10 Å². The van der Waals surface area contributed by atoms with Crippen LogP contribution < -0.4 is 10.5 Å². The standard InChI is InChI=1S/C13H17ClN2O3/c1-9(13(17)16-4-6-18-7-5-16)19-12-8-10(14)2-3-11(12)15/h2-3,8-9H,4-7,15H2,1H3. The van der Waals surface area contributed by atoms with Crippen molar-refractivity contribution in [3.8, 4) is 5.75 Å². The van der Waals surface area contributed by atoms with Crippen molar-refractivity contribution in [2.75, 3.05) is 32.0 Å². The van der Waals surface area contributed by atoms with Crippen LogP contribution in [0.15, 0.2) is 18.2 Å². The third-order valence-corrected chi connectivity index (χ3v) is 3.18. The highest BCUT2D eigenvalue weighted by Crippen LogP contribution is 2.26. The van der Waals surface area contributed by atoms with Gasteiger partial charge in [-0.1, -0.05) is 11.6 Å². The van der Waals surface area contributed by atoms with E-state index in [0.29, 0.717) is 42.8 Å². The molecule has 1 aliphatic rings. The van der Waals surface area contributed by atoms with Gasteiger partial charge in [0, 0.05) is 24.2 Å². The van der Waals surface area contributed by atoms with Gasteiger partial charge in [-0.15, -0.1) is 0 Å². The van der Waals surface area contributed by atoms with Gasteiger partial charge in [-0.05, 0) is 19.1 Å². The minimum Gasteiger partial charge on any atom is -0.479 e. The molecular formula is C13H17ClN2O3. The molecule has 1 aromatic rings. The topological polar surface area (TPSA) is 64.8 Å². The molecule has 0 saturated carbocycles. The Labute approximate surface area is 117 Å². The minimum atomic E-state index is -0.598. The van der Waals surface area contributed by atoms with E-state index in [1.807, 2.05) is 0 Å². The van der Waals surface area contributed by atoms with E-state index in [1.54, 1.807) is 30.0 Å². The average Bonchev–Trinajstić information content (AvgIpc) is 2.43. The molecular weight excluding hydrogens is 268 g/mol. The summed E-state index contributed by atoms with van der Waals surface area (Å²) in [7, 11) is 0. The van der Waals surface area contributed by atoms with Crippen LogP contribution in [-0.2, 0) is 9.53 Å². The molecule has 1 fully saturated rings. The molecule has 1 saturated heterocycles. The number of benzene rings is 1. The first-order chi connectivity index (χ1) is 9.08. The lowest BCUT2D eigenvalue weighted by molar-refractivity contribution is -0.142. The zero-order chi connectivity index (χ0) is 13.8. The lowest BCUT2D eigenvalue weighted by atomic mass is 10.2. The third kappa shape index (κ3) is 3.52. The van der Waals surface area contributed by atoms with E-state index in [4.69, 9.17) is 26.8 Å². The zero-order valence-corrected chi connectivity index (χ0v) is 11.5. The highest BCUT2D eigenvalue weighted by molar-refractivity contribution is 6.30. The summed E-state index contributed by atoms with van der Waals surface area (Å²) >= 11 is 5.88. The van der Waals surface area contributed by atoms with Crippen molar-refractivity contribution in [1.29, 1.82) is 0 Å². The van der Waals surface area contributed by atoms with Crippen LogP contribution in [-0.4, -0.2) is 43.2 Å². The summed E-state index contributed by atoms with van der Waals surface area (Å²) in [6, 6.07) is 4.95. The fourth-order valence-electron chi connectivity index (χ4n) is 1.89. The van der Waals surface area contributed by atoms with Gasteiger partial charge in [-0.2, -0.15) is 0 Å². The van der Waals surface area contributed by atoms with Gasteiger partial charge < -0.3 is 20.1 Å². The summed E-state index contributed by atoms with van der Waals surface area (Å²) in [6.07, 6.45) is -0.598. The second-order valence-corrected chi connectivity index (χ2v) is 4.82. The van der Waals surface area contributed by atoms with E-state index in [0.717, 1.165) is 0 Å². The van der Waals surface area contributed by atoms with Crippen LogP contribution >= 0.6 is 11.6 Å². The first kappa shape index (κ1) is 14.0. The smallest absolute Gasteiger partial charge is 0.263 e. The number of amides is 1. The molecule has 1 unspecified atom stereocenters. The summed E-state index contributed by atoms with van der Waals surface area (Å²) < 4.78 is 10.8. The number of ether oxygens (including phenoxy) is 2. The Kier molecular flexibility index (Phi) is 4.50. The molecule has 2 rings (SSSR count). The number of carbonyl (C=O) groups is 1. The molecule has 5 nitrogen and oxygen atoms in total. The molecule has 104 valence electrons. The summed E-state index contributed by atoms with van der Waals surface area (Å²) in [5.41, 5.74) is 6.25. The number of rotatable bonds is 3. The fourth-order valence-corrected chi connectivity index (χ4v) is 2.05. The molecule has 1 heterocycles. The van der Waals surface area contributed by atoms with E-state index >= 15 is 0 Å². The van der Waals surface area contributed by atoms with Crippen LogP contribution in [0.1, 0.15) is 6.92 Å². The second kappa shape index (κ2) is 6.12. The quantitative estimate of drug-likeness (QED) is 0.855. The van der Waals surface area contributed by atoms with Crippen LogP contribution in [0, 0.1) is 0 Å². The van der Waals surface area contributed by atoms with Gasteiger partial charge in [-0.3, -0.25) is 4.79 Å². The van der Waals surface area contributed by atoms with Gasteiger partial charge >= 0.3 is 0 Å². The fraction of sp³-hybridized carbons (Fsp3) is 0.462. The van der Waals surface area contributed by atoms with Crippen molar-refractivity contribution in [3.05, 3.63) is 23.2 Å². The maximum absolute atomic E-state index is 12.2. The molecule has 6 heteroatoms. The van der Waals surface area contributed by atoms with Gasteiger partial charge in [0.15, 0.2) is 6.10 Å². The largest absolute Gasteiger partial charge is 0.479 e. The van der Waals surface area contributed by atoms with Crippen LogP contribution in [0.2, 0.25) is 5.02 Å². The van der Waals surface area contributed by atoms with Gasteiger partial charge in [0.25, 0.3) is 5.91 Å². The van der Waals surface area contributed by atoms with Gasteiger partial charge in [-0.25, -0.2) is 0 Å². The molecule has 1 atom stereocenters. The van der Waals surface area contributed by atoms with Crippen LogP contribution in [0.5, 0.6) is 5.75 Å².